The zero-order valence-electron chi connectivity index (χ0n) is 8.94. The molecule has 2 rings (SSSR count). The van der Waals surface area contributed by atoms with Gasteiger partial charge in [-0.25, -0.2) is 9.97 Å². The van der Waals surface area contributed by atoms with Crippen molar-refractivity contribution in [1.82, 2.24) is 15.3 Å². The Hall–Kier alpha value is -0.430. The van der Waals surface area contributed by atoms with Gasteiger partial charge in [0, 0.05) is 41.1 Å². The predicted octanol–water partition coefficient (Wildman–Crippen LogP) is 1.27. The molecular weight excluding hydrogens is 303 g/mol. The summed E-state index contributed by atoms with van der Waals surface area (Å²) in [6, 6.07) is 0.994. The molecule has 15 heavy (non-hydrogen) atoms. The van der Waals surface area contributed by atoms with Gasteiger partial charge in [-0.1, -0.05) is 0 Å². The second kappa shape index (κ2) is 4.61. The van der Waals surface area contributed by atoms with Crippen LogP contribution in [0.3, 0.4) is 0 Å². The van der Waals surface area contributed by atoms with Gasteiger partial charge in [0.25, 0.3) is 0 Å². The Labute approximate surface area is 104 Å². The number of rotatable bonds is 1. The molecule has 0 amide bonds. The molecule has 0 saturated carbocycles. The van der Waals surface area contributed by atoms with E-state index in [2.05, 4.69) is 56.6 Å². The van der Waals surface area contributed by atoms with Crippen LogP contribution in [0, 0.1) is 3.57 Å². The van der Waals surface area contributed by atoms with Gasteiger partial charge < -0.3 is 10.2 Å². The van der Waals surface area contributed by atoms with E-state index in [-0.39, 0.29) is 0 Å². The SMILES string of the molecule is C[C@@H]1CN(c2ncc(I)cn2)C[C@H](C)N1. The van der Waals surface area contributed by atoms with E-state index in [1.165, 1.54) is 0 Å². The lowest BCUT2D eigenvalue weighted by atomic mass is 10.1. The Morgan fingerprint density at radius 3 is 2.33 bits per heavy atom. The van der Waals surface area contributed by atoms with Crippen LogP contribution in [-0.2, 0) is 0 Å². The third kappa shape index (κ3) is 2.78. The highest BCUT2D eigenvalue weighted by atomic mass is 127. The minimum absolute atomic E-state index is 0.497. The molecule has 0 spiro atoms. The first-order valence-corrected chi connectivity index (χ1v) is 6.21. The molecule has 0 bridgehead atoms. The van der Waals surface area contributed by atoms with Crippen molar-refractivity contribution in [2.45, 2.75) is 25.9 Å². The van der Waals surface area contributed by atoms with Crippen LogP contribution in [0.2, 0.25) is 0 Å². The summed E-state index contributed by atoms with van der Waals surface area (Å²) in [6.45, 7) is 6.33. The van der Waals surface area contributed by atoms with Crippen molar-refractivity contribution in [1.29, 1.82) is 0 Å². The zero-order valence-corrected chi connectivity index (χ0v) is 11.1. The molecule has 1 aromatic rings. The second-order valence-corrected chi connectivity index (χ2v) is 5.32. The highest BCUT2D eigenvalue weighted by molar-refractivity contribution is 14.1. The summed E-state index contributed by atoms with van der Waals surface area (Å²) in [5, 5.41) is 3.49. The summed E-state index contributed by atoms with van der Waals surface area (Å²) in [6.07, 6.45) is 3.72. The Morgan fingerprint density at radius 2 is 1.80 bits per heavy atom. The number of nitrogens with one attached hydrogen (secondary N) is 1. The number of aromatic nitrogens is 2. The van der Waals surface area contributed by atoms with Crippen LogP contribution >= 0.6 is 22.6 Å². The summed E-state index contributed by atoms with van der Waals surface area (Å²) in [5.41, 5.74) is 0. The normalized spacial score (nSPS) is 26.7. The van der Waals surface area contributed by atoms with Gasteiger partial charge in [0.05, 0.1) is 0 Å². The number of hydrogen-bond donors (Lipinski definition) is 1. The van der Waals surface area contributed by atoms with Crippen molar-refractivity contribution >= 4 is 28.5 Å². The molecule has 0 unspecified atom stereocenters. The zero-order chi connectivity index (χ0) is 10.8. The van der Waals surface area contributed by atoms with Crippen molar-refractivity contribution in [2.75, 3.05) is 18.0 Å². The molecule has 1 aliphatic rings. The maximum absolute atomic E-state index is 4.35. The summed E-state index contributed by atoms with van der Waals surface area (Å²) in [5.74, 6) is 0.843. The fraction of sp³-hybridized carbons (Fsp3) is 0.600. The molecule has 82 valence electrons. The first-order valence-electron chi connectivity index (χ1n) is 5.13. The van der Waals surface area contributed by atoms with E-state index in [0.29, 0.717) is 12.1 Å². The summed E-state index contributed by atoms with van der Waals surface area (Å²) >= 11 is 2.22. The molecule has 0 aromatic carbocycles. The van der Waals surface area contributed by atoms with E-state index in [9.17, 15) is 0 Å². The van der Waals surface area contributed by atoms with Crippen LogP contribution in [0.25, 0.3) is 0 Å². The summed E-state index contributed by atoms with van der Waals surface area (Å²) < 4.78 is 1.08. The fourth-order valence-corrected chi connectivity index (χ4v) is 2.24. The van der Waals surface area contributed by atoms with E-state index in [0.717, 1.165) is 22.6 Å². The van der Waals surface area contributed by atoms with Gasteiger partial charge in [0.2, 0.25) is 5.95 Å². The third-order valence-corrected chi connectivity index (χ3v) is 3.00. The molecule has 4 nitrogen and oxygen atoms in total. The molecular formula is C10H15IN4. The minimum atomic E-state index is 0.497. The predicted molar refractivity (Wildman–Crippen MR) is 69.0 cm³/mol. The summed E-state index contributed by atoms with van der Waals surface area (Å²) in [4.78, 5) is 10.9. The maximum Gasteiger partial charge on any atom is 0.225 e. The molecule has 1 fully saturated rings. The van der Waals surface area contributed by atoms with Gasteiger partial charge in [-0.15, -0.1) is 0 Å². The van der Waals surface area contributed by atoms with Crippen LogP contribution in [-0.4, -0.2) is 35.1 Å². The molecule has 2 heterocycles. The Morgan fingerprint density at radius 1 is 1.27 bits per heavy atom. The number of anilines is 1. The first kappa shape index (κ1) is 11.1. The lowest BCUT2D eigenvalue weighted by Gasteiger charge is -2.36. The Kier molecular flexibility index (Phi) is 3.40. The van der Waals surface area contributed by atoms with Crippen LogP contribution in [0.15, 0.2) is 12.4 Å². The molecule has 5 heteroatoms. The van der Waals surface area contributed by atoms with Crippen LogP contribution in [0.1, 0.15) is 13.8 Å². The third-order valence-electron chi connectivity index (χ3n) is 2.45. The van der Waals surface area contributed by atoms with Crippen LogP contribution in [0.5, 0.6) is 0 Å². The molecule has 1 aromatic heterocycles. The van der Waals surface area contributed by atoms with E-state index in [1.807, 2.05) is 12.4 Å². The van der Waals surface area contributed by atoms with E-state index < -0.39 is 0 Å². The highest BCUT2D eigenvalue weighted by Gasteiger charge is 2.22. The van der Waals surface area contributed by atoms with Crippen molar-refractivity contribution in [3.8, 4) is 0 Å². The number of hydrogen-bond acceptors (Lipinski definition) is 4. The van der Waals surface area contributed by atoms with E-state index >= 15 is 0 Å². The van der Waals surface area contributed by atoms with Crippen molar-refractivity contribution in [3.63, 3.8) is 0 Å². The minimum Gasteiger partial charge on any atom is -0.338 e. The van der Waals surface area contributed by atoms with Crippen LogP contribution < -0.4 is 10.2 Å². The van der Waals surface area contributed by atoms with Gasteiger partial charge in [-0.05, 0) is 36.4 Å². The molecule has 1 saturated heterocycles. The van der Waals surface area contributed by atoms with Gasteiger partial charge in [-0.2, -0.15) is 0 Å². The van der Waals surface area contributed by atoms with Gasteiger partial charge in [0.1, 0.15) is 0 Å². The van der Waals surface area contributed by atoms with Crippen molar-refractivity contribution in [2.24, 2.45) is 0 Å². The van der Waals surface area contributed by atoms with Crippen LogP contribution in [0.4, 0.5) is 5.95 Å². The van der Waals surface area contributed by atoms with Crippen molar-refractivity contribution < 1.29 is 0 Å². The monoisotopic (exact) mass is 318 g/mol. The molecule has 1 N–H and O–H groups in total. The Balaban J connectivity index is 2.12. The standard InChI is InChI=1S/C10H15IN4/c1-7-5-15(6-8(2)14-7)10-12-3-9(11)4-13-10/h3-4,7-8,14H,5-6H2,1-2H3/t7-,8+. The lowest BCUT2D eigenvalue weighted by molar-refractivity contribution is 0.403. The quantitative estimate of drug-likeness (QED) is 0.792. The van der Waals surface area contributed by atoms with Crippen molar-refractivity contribution in [3.05, 3.63) is 16.0 Å². The lowest BCUT2D eigenvalue weighted by Crippen LogP contribution is -2.54. The number of piperazine rings is 1. The Bertz CT molecular complexity index is 317. The smallest absolute Gasteiger partial charge is 0.225 e. The van der Waals surface area contributed by atoms with Gasteiger partial charge >= 0.3 is 0 Å². The highest BCUT2D eigenvalue weighted by Crippen LogP contribution is 2.12. The molecule has 0 radical (unpaired) electrons. The molecule has 0 aliphatic carbocycles. The first-order chi connectivity index (χ1) is 7.15. The average Bonchev–Trinajstić information content (AvgIpc) is 2.17. The van der Waals surface area contributed by atoms with Gasteiger partial charge in [-0.3, -0.25) is 0 Å². The summed E-state index contributed by atoms with van der Waals surface area (Å²) in [7, 11) is 0. The fourth-order valence-electron chi connectivity index (χ4n) is 1.96. The molecule has 1 aliphatic heterocycles. The average molecular weight is 318 g/mol. The molecule has 2 atom stereocenters. The van der Waals surface area contributed by atoms with E-state index in [1.54, 1.807) is 0 Å². The van der Waals surface area contributed by atoms with Gasteiger partial charge in [0.15, 0.2) is 0 Å². The van der Waals surface area contributed by atoms with E-state index in [4.69, 9.17) is 0 Å². The number of halogens is 1. The number of nitrogens with zero attached hydrogens (tertiary/aromatic N) is 3. The topological polar surface area (TPSA) is 41.1 Å². The second-order valence-electron chi connectivity index (χ2n) is 4.08. The maximum atomic E-state index is 4.35. The largest absolute Gasteiger partial charge is 0.338 e.